The van der Waals surface area contributed by atoms with Crippen LogP contribution in [-0.4, -0.2) is 50.7 Å². The average molecular weight is 420 g/mol. The van der Waals surface area contributed by atoms with Crippen LogP contribution in [0.15, 0.2) is 49.1 Å². The van der Waals surface area contributed by atoms with Crippen molar-refractivity contribution < 1.29 is 9.59 Å². The summed E-state index contributed by atoms with van der Waals surface area (Å²) in [4.78, 5) is 35.4. The minimum absolute atomic E-state index is 0.0480. The number of pyridine rings is 2. The zero-order valence-electron chi connectivity index (χ0n) is 18.0. The van der Waals surface area contributed by atoms with Gasteiger partial charge in [0.15, 0.2) is 0 Å². The Kier molecular flexibility index (Phi) is 6.60. The van der Waals surface area contributed by atoms with Crippen LogP contribution in [0.25, 0.3) is 5.65 Å². The Balaban J connectivity index is 1.14. The lowest BCUT2D eigenvalue weighted by atomic mass is 9.91. The molecule has 1 saturated heterocycles. The highest BCUT2D eigenvalue weighted by molar-refractivity contribution is 5.95. The van der Waals surface area contributed by atoms with Crippen LogP contribution in [0, 0.1) is 12.8 Å². The second-order valence-corrected chi connectivity index (χ2v) is 8.23. The summed E-state index contributed by atoms with van der Waals surface area (Å²) in [6, 6.07) is 7.34. The van der Waals surface area contributed by atoms with Gasteiger partial charge < -0.3 is 14.6 Å². The third-order valence-corrected chi connectivity index (χ3v) is 6.11. The van der Waals surface area contributed by atoms with Gasteiger partial charge in [-0.05, 0) is 56.4 Å². The van der Waals surface area contributed by atoms with Crippen LogP contribution in [0.2, 0.25) is 0 Å². The lowest BCUT2D eigenvalue weighted by Crippen LogP contribution is -2.38. The number of rotatable bonds is 7. The molecule has 31 heavy (non-hydrogen) atoms. The fourth-order valence-corrected chi connectivity index (χ4v) is 4.22. The number of carbonyl (C=O) groups is 2. The van der Waals surface area contributed by atoms with Gasteiger partial charge in [-0.2, -0.15) is 0 Å². The molecular weight excluding hydrogens is 390 g/mol. The van der Waals surface area contributed by atoms with E-state index in [9.17, 15) is 9.59 Å². The molecule has 1 aliphatic heterocycles. The molecule has 1 fully saturated rings. The molecule has 3 aromatic rings. The van der Waals surface area contributed by atoms with Crippen molar-refractivity contribution >= 4 is 17.5 Å². The van der Waals surface area contributed by atoms with Crippen LogP contribution in [0.3, 0.4) is 0 Å². The quantitative estimate of drug-likeness (QED) is 0.595. The van der Waals surface area contributed by atoms with Gasteiger partial charge in [-0.15, -0.1) is 0 Å². The first-order chi connectivity index (χ1) is 15.1. The number of piperidine rings is 1. The highest BCUT2D eigenvalue weighted by Gasteiger charge is 2.24. The van der Waals surface area contributed by atoms with E-state index in [2.05, 4.69) is 15.3 Å². The molecule has 1 N–H and O–H groups in total. The van der Waals surface area contributed by atoms with Gasteiger partial charge in [0.05, 0.1) is 11.1 Å². The zero-order chi connectivity index (χ0) is 21.6. The number of nitrogens with zero attached hydrogens (tertiary/aromatic N) is 4. The van der Waals surface area contributed by atoms with E-state index in [1.54, 1.807) is 24.7 Å². The summed E-state index contributed by atoms with van der Waals surface area (Å²) < 4.78 is 1.85. The Morgan fingerprint density at radius 1 is 1.10 bits per heavy atom. The molecule has 4 heterocycles. The number of amides is 2. The third-order valence-electron chi connectivity index (χ3n) is 6.11. The first-order valence-electron chi connectivity index (χ1n) is 11.0. The fourth-order valence-electron chi connectivity index (χ4n) is 4.22. The highest BCUT2D eigenvalue weighted by atomic mass is 16.2. The van der Waals surface area contributed by atoms with Crippen molar-refractivity contribution in [3.8, 4) is 0 Å². The Morgan fingerprint density at radius 2 is 1.94 bits per heavy atom. The molecule has 0 aliphatic carbocycles. The summed E-state index contributed by atoms with van der Waals surface area (Å²) in [5.74, 6) is 0.701. The van der Waals surface area contributed by atoms with E-state index < -0.39 is 0 Å². The molecule has 0 saturated carbocycles. The minimum atomic E-state index is -0.0480. The molecule has 0 spiro atoms. The molecule has 0 aromatic carbocycles. The number of unbranched alkanes of at least 4 members (excludes halogenated alkanes) is 1. The van der Waals surface area contributed by atoms with E-state index in [0.29, 0.717) is 23.6 Å². The van der Waals surface area contributed by atoms with Crippen molar-refractivity contribution in [3.63, 3.8) is 0 Å². The van der Waals surface area contributed by atoms with Crippen LogP contribution in [0.4, 0.5) is 0 Å². The first-order valence-corrected chi connectivity index (χ1v) is 11.0. The SMILES string of the molecule is Cc1ncccc1C(=O)N1CCC(CCCCNC(=O)c2ccc3nccn3c2)CC1. The van der Waals surface area contributed by atoms with Crippen LogP contribution in [-0.2, 0) is 0 Å². The van der Waals surface area contributed by atoms with E-state index in [1.165, 1.54) is 0 Å². The molecule has 0 radical (unpaired) electrons. The zero-order valence-corrected chi connectivity index (χ0v) is 18.0. The molecule has 7 heteroatoms. The summed E-state index contributed by atoms with van der Waals surface area (Å²) in [5, 5.41) is 3.01. The molecule has 162 valence electrons. The molecular formula is C24H29N5O2. The van der Waals surface area contributed by atoms with E-state index in [4.69, 9.17) is 0 Å². The predicted octanol–water partition coefficient (Wildman–Crippen LogP) is 3.49. The number of aryl methyl sites for hydroxylation is 1. The van der Waals surface area contributed by atoms with Gasteiger partial charge in [-0.25, -0.2) is 4.98 Å². The summed E-state index contributed by atoms with van der Waals surface area (Å²) in [7, 11) is 0. The van der Waals surface area contributed by atoms with E-state index in [-0.39, 0.29) is 11.8 Å². The van der Waals surface area contributed by atoms with E-state index >= 15 is 0 Å². The lowest BCUT2D eigenvalue weighted by molar-refractivity contribution is 0.0684. The summed E-state index contributed by atoms with van der Waals surface area (Å²) >= 11 is 0. The molecule has 3 aromatic heterocycles. The van der Waals surface area contributed by atoms with Gasteiger partial charge in [0.1, 0.15) is 5.65 Å². The smallest absolute Gasteiger partial charge is 0.255 e. The van der Waals surface area contributed by atoms with Crippen LogP contribution < -0.4 is 5.32 Å². The van der Waals surface area contributed by atoms with Gasteiger partial charge >= 0.3 is 0 Å². The molecule has 0 bridgehead atoms. The molecule has 2 amide bonds. The number of carbonyl (C=O) groups excluding carboxylic acids is 2. The summed E-state index contributed by atoms with van der Waals surface area (Å²) in [6.07, 6.45) is 12.4. The molecule has 4 rings (SSSR count). The largest absolute Gasteiger partial charge is 0.352 e. The van der Waals surface area contributed by atoms with E-state index in [1.807, 2.05) is 40.6 Å². The fraction of sp³-hybridized carbons (Fsp3) is 0.417. The van der Waals surface area contributed by atoms with Crippen molar-refractivity contribution in [2.75, 3.05) is 19.6 Å². The van der Waals surface area contributed by atoms with Crippen LogP contribution in [0.5, 0.6) is 0 Å². The number of fused-ring (bicyclic) bond motifs is 1. The van der Waals surface area contributed by atoms with Crippen molar-refractivity contribution in [2.45, 2.75) is 39.0 Å². The number of hydrogen-bond donors (Lipinski definition) is 1. The average Bonchev–Trinajstić information content (AvgIpc) is 3.27. The predicted molar refractivity (Wildman–Crippen MR) is 119 cm³/mol. The number of likely N-dealkylation sites (tertiary alicyclic amines) is 1. The van der Waals surface area contributed by atoms with Crippen molar-refractivity contribution in [2.24, 2.45) is 5.92 Å². The standard InChI is InChI=1S/C24H29N5O2/c1-18-21(6-4-12-25-18)24(31)28-14-9-19(10-15-28)5-2-3-11-27-23(30)20-7-8-22-26-13-16-29(22)17-20/h4,6-8,12-13,16-17,19H,2-3,5,9-11,14-15H2,1H3,(H,27,30). The summed E-state index contributed by atoms with van der Waals surface area (Å²) in [6.45, 7) is 4.18. The topological polar surface area (TPSA) is 79.6 Å². The highest BCUT2D eigenvalue weighted by Crippen LogP contribution is 2.24. The minimum Gasteiger partial charge on any atom is -0.352 e. The number of imidazole rings is 1. The molecule has 0 atom stereocenters. The van der Waals surface area contributed by atoms with Gasteiger partial charge in [-0.1, -0.05) is 12.8 Å². The van der Waals surface area contributed by atoms with Crippen molar-refractivity contribution in [1.29, 1.82) is 0 Å². The van der Waals surface area contributed by atoms with Gasteiger partial charge in [-0.3, -0.25) is 14.6 Å². The maximum atomic E-state index is 12.7. The normalized spacial score (nSPS) is 14.7. The monoisotopic (exact) mass is 419 g/mol. The Morgan fingerprint density at radius 3 is 2.74 bits per heavy atom. The number of nitrogens with one attached hydrogen (secondary N) is 1. The second kappa shape index (κ2) is 9.73. The first kappa shape index (κ1) is 21.0. The van der Waals surface area contributed by atoms with Crippen molar-refractivity contribution in [1.82, 2.24) is 24.6 Å². The molecule has 7 nitrogen and oxygen atoms in total. The number of hydrogen-bond acceptors (Lipinski definition) is 4. The third kappa shape index (κ3) is 5.10. The lowest BCUT2D eigenvalue weighted by Gasteiger charge is -2.32. The van der Waals surface area contributed by atoms with Gasteiger partial charge in [0, 0.05) is 50.1 Å². The van der Waals surface area contributed by atoms with Crippen LogP contribution >= 0.6 is 0 Å². The van der Waals surface area contributed by atoms with E-state index in [0.717, 1.165) is 56.5 Å². The maximum Gasteiger partial charge on any atom is 0.255 e. The molecule has 0 unspecified atom stereocenters. The Hall–Kier alpha value is -3.22. The Bertz CT molecular complexity index is 1050. The Labute approximate surface area is 182 Å². The summed E-state index contributed by atoms with van der Waals surface area (Å²) in [5.41, 5.74) is 2.98. The second-order valence-electron chi connectivity index (χ2n) is 8.23. The van der Waals surface area contributed by atoms with Crippen LogP contribution in [0.1, 0.15) is 58.5 Å². The van der Waals surface area contributed by atoms with Gasteiger partial charge in [0.2, 0.25) is 0 Å². The number of aromatic nitrogens is 3. The maximum absolute atomic E-state index is 12.7. The van der Waals surface area contributed by atoms with Crippen molar-refractivity contribution in [3.05, 3.63) is 65.9 Å². The molecule has 1 aliphatic rings. The van der Waals surface area contributed by atoms with Gasteiger partial charge in [0.25, 0.3) is 11.8 Å².